The molecule has 20 heavy (non-hydrogen) atoms. The number of hydrogen-bond acceptors (Lipinski definition) is 2. The zero-order chi connectivity index (χ0) is 13.2. The number of rotatable bonds is 3. The quantitative estimate of drug-likeness (QED) is 0.720. The number of nitrogen functional groups attached to an aromatic ring is 1. The molecule has 0 fully saturated rings. The molecule has 1 heterocycles. The summed E-state index contributed by atoms with van der Waals surface area (Å²) in [7, 11) is 0. The highest BCUT2D eigenvalue weighted by Gasteiger charge is 2.07. The Kier molecular flexibility index (Phi) is 4.83. The Morgan fingerprint density at radius 2 is 1.75 bits per heavy atom. The van der Waals surface area contributed by atoms with Gasteiger partial charge in [0.1, 0.15) is 0 Å². The minimum atomic E-state index is 0. The zero-order valence-electron chi connectivity index (χ0n) is 10.8. The summed E-state index contributed by atoms with van der Waals surface area (Å²) in [6.45, 7) is 0.828. The number of anilines is 1. The first kappa shape index (κ1) is 15.1. The molecule has 0 atom stereocenters. The minimum Gasteiger partial charge on any atom is -0.369 e. The molecule has 5 heteroatoms. The fourth-order valence-corrected chi connectivity index (χ4v) is 2.75. The fourth-order valence-electron chi connectivity index (χ4n) is 2.26. The molecule has 0 aliphatic rings. The average Bonchev–Trinajstić information content (AvgIpc) is 2.74. The number of nitrogens with zero attached hydrogens (tertiary/aromatic N) is 2. The van der Waals surface area contributed by atoms with Crippen molar-refractivity contribution in [3.63, 3.8) is 0 Å². The van der Waals surface area contributed by atoms with E-state index >= 15 is 0 Å². The summed E-state index contributed by atoms with van der Waals surface area (Å²) >= 11 is 3.57. The van der Waals surface area contributed by atoms with E-state index in [9.17, 15) is 0 Å². The number of hydrogen-bond donors (Lipinski definition) is 1. The van der Waals surface area contributed by atoms with Crippen LogP contribution in [0.2, 0.25) is 0 Å². The van der Waals surface area contributed by atoms with E-state index in [1.807, 2.05) is 24.3 Å². The van der Waals surface area contributed by atoms with Gasteiger partial charge in [0.25, 0.3) is 0 Å². The number of benzene rings is 2. The molecule has 0 aliphatic heterocycles. The van der Waals surface area contributed by atoms with Crippen molar-refractivity contribution in [3.05, 3.63) is 58.6 Å². The molecular weight excluding hydrogens is 382 g/mol. The van der Waals surface area contributed by atoms with Gasteiger partial charge in [0, 0.05) is 11.0 Å². The molecular formula is C15H15Br2N3. The molecule has 3 aromatic rings. The number of imidazole rings is 1. The Morgan fingerprint density at radius 3 is 2.55 bits per heavy atom. The van der Waals surface area contributed by atoms with Crippen LogP contribution in [0.25, 0.3) is 11.0 Å². The van der Waals surface area contributed by atoms with E-state index in [0.29, 0.717) is 5.95 Å². The van der Waals surface area contributed by atoms with Crippen molar-refractivity contribution in [2.45, 2.75) is 13.0 Å². The van der Waals surface area contributed by atoms with Gasteiger partial charge in [-0.2, -0.15) is 0 Å². The third-order valence-corrected chi connectivity index (χ3v) is 4.02. The van der Waals surface area contributed by atoms with Gasteiger partial charge in [-0.05, 0) is 30.2 Å². The molecule has 0 aliphatic carbocycles. The van der Waals surface area contributed by atoms with E-state index in [-0.39, 0.29) is 17.0 Å². The van der Waals surface area contributed by atoms with E-state index in [2.05, 4.69) is 49.7 Å². The van der Waals surface area contributed by atoms with Gasteiger partial charge in [0.2, 0.25) is 5.95 Å². The molecule has 0 saturated heterocycles. The first-order chi connectivity index (χ1) is 9.25. The Balaban J connectivity index is 0.00000147. The summed E-state index contributed by atoms with van der Waals surface area (Å²) in [4.78, 5) is 4.38. The van der Waals surface area contributed by atoms with Crippen LogP contribution < -0.4 is 5.73 Å². The largest absolute Gasteiger partial charge is 0.369 e. The van der Waals surface area contributed by atoms with Crippen LogP contribution in [0.4, 0.5) is 5.95 Å². The Hall–Kier alpha value is -1.33. The predicted octanol–water partition coefficient (Wildman–Crippen LogP) is 4.20. The highest BCUT2D eigenvalue weighted by atomic mass is 79.9. The number of para-hydroxylation sites is 2. The van der Waals surface area contributed by atoms with Crippen LogP contribution in [-0.2, 0) is 13.0 Å². The van der Waals surface area contributed by atoms with E-state index in [0.717, 1.165) is 28.5 Å². The van der Waals surface area contributed by atoms with E-state index < -0.39 is 0 Å². The number of fused-ring (bicyclic) bond motifs is 1. The predicted molar refractivity (Wildman–Crippen MR) is 92.3 cm³/mol. The number of aryl methyl sites for hydroxylation is 2. The first-order valence-electron chi connectivity index (χ1n) is 6.20. The van der Waals surface area contributed by atoms with E-state index in [4.69, 9.17) is 5.73 Å². The van der Waals surface area contributed by atoms with Crippen molar-refractivity contribution >= 4 is 49.9 Å². The molecule has 2 aromatic carbocycles. The van der Waals surface area contributed by atoms with Crippen molar-refractivity contribution in [2.75, 3.05) is 5.73 Å². The molecule has 1 aromatic heterocycles. The van der Waals surface area contributed by atoms with Crippen molar-refractivity contribution in [1.29, 1.82) is 0 Å². The lowest BCUT2D eigenvalue weighted by Crippen LogP contribution is -2.05. The number of nitrogens with two attached hydrogens (primary N) is 1. The maximum atomic E-state index is 6.00. The topological polar surface area (TPSA) is 43.8 Å². The van der Waals surface area contributed by atoms with Gasteiger partial charge in [-0.25, -0.2) is 4.98 Å². The van der Waals surface area contributed by atoms with Gasteiger partial charge in [-0.1, -0.05) is 46.3 Å². The third kappa shape index (κ3) is 2.88. The Labute approximate surface area is 136 Å². The van der Waals surface area contributed by atoms with Crippen LogP contribution in [-0.4, -0.2) is 9.55 Å². The van der Waals surface area contributed by atoms with E-state index in [1.165, 1.54) is 5.56 Å². The van der Waals surface area contributed by atoms with Crippen molar-refractivity contribution in [2.24, 2.45) is 0 Å². The van der Waals surface area contributed by atoms with Crippen molar-refractivity contribution in [3.8, 4) is 0 Å². The van der Waals surface area contributed by atoms with Crippen LogP contribution in [0.15, 0.2) is 53.0 Å². The summed E-state index contributed by atoms with van der Waals surface area (Å²) in [5.41, 5.74) is 9.31. The molecule has 0 saturated carbocycles. The van der Waals surface area contributed by atoms with Gasteiger partial charge in [-0.15, -0.1) is 17.0 Å². The normalized spacial score (nSPS) is 10.4. The van der Waals surface area contributed by atoms with Crippen LogP contribution in [0.1, 0.15) is 5.56 Å². The molecule has 3 rings (SSSR count). The monoisotopic (exact) mass is 395 g/mol. The van der Waals surface area contributed by atoms with E-state index in [1.54, 1.807) is 0 Å². The van der Waals surface area contributed by atoms with Crippen molar-refractivity contribution in [1.82, 2.24) is 9.55 Å². The second kappa shape index (κ2) is 6.41. The molecule has 3 nitrogen and oxygen atoms in total. The lowest BCUT2D eigenvalue weighted by Gasteiger charge is -2.08. The van der Waals surface area contributed by atoms with Gasteiger partial charge in [-0.3, -0.25) is 0 Å². The van der Waals surface area contributed by atoms with Crippen LogP contribution in [0.3, 0.4) is 0 Å². The number of halogens is 2. The first-order valence-corrected chi connectivity index (χ1v) is 6.99. The van der Waals surface area contributed by atoms with Crippen LogP contribution in [0, 0.1) is 0 Å². The summed E-state index contributed by atoms with van der Waals surface area (Å²) in [6.07, 6.45) is 0.923. The zero-order valence-corrected chi connectivity index (χ0v) is 14.1. The molecule has 0 radical (unpaired) electrons. The summed E-state index contributed by atoms with van der Waals surface area (Å²) in [5, 5.41) is 0. The van der Waals surface area contributed by atoms with Gasteiger partial charge >= 0.3 is 0 Å². The van der Waals surface area contributed by atoms with Gasteiger partial charge in [0.15, 0.2) is 0 Å². The van der Waals surface area contributed by atoms with Crippen LogP contribution >= 0.6 is 32.9 Å². The highest BCUT2D eigenvalue weighted by Crippen LogP contribution is 2.20. The summed E-state index contributed by atoms with van der Waals surface area (Å²) in [5.74, 6) is 0.577. The molecule has 0 bridgehead atoms. The Bertz CT molecular complexity index is 722. The molecule has 0 spiro atoms. The lowest BCUT2D eigenvalue weighted by atomic mass is 10.1. The number of aromatic nitrogens is 2. The maximum Gasteiger partial charge on any atom is 0.201 e. The summed E-state index contributed by atoms with van der Waals surface area (Å²) in [6, 6.07) is 16.3. The van der Waals surface area contributed by atoms with Gasteiger partial charge < -0.3 is 10.3 Å². The SMILES string of the molecule is Br.Nc1nc2ccccc2n1CCc1ccccc1Br. The van der Waals surface area contributed by atoms with Crippen molar-refractivity contribution < 1.29 is 0 Å². The lowest BCUT2D eigenvalue weighted by molar-refractivity contribution is 0.724. The molecule has 104 valence electrons. The average molecular weight is 397 g/mol. The second-order valence-corrected chi connectivity index (χ2v) is 5.31. The van der Waals surface area contributed by atoms with Gasteiger partial charge in [0.05, 0.1) is 11.0 Å². The standard InChI is InChI=1S/C15H14BrN3.BrH/c16-12-6-2-1-5-11(12)9-10-19-14-8-4-3-7-13(14)18-15(19)17;/h1-8H,9-10H2,(H2,17,18);1H. The highest BCUT2D eigenvalue weighted by molar-refractivity contribution is 9.10. The third-order valence-electron chi connectivity index (χ3n) is 3.25. The minimum absolute atomic E-state index is 0. The van der Waals surface area contributed by atoms with Crippen LogP contribution in [0.5, 0.6) is 0 Å². The molecule has 2 N–H and O–H groups in total. The fraction of sp³-hybridized carbons (Fsp3) is 0.133. The molecule has 0 unspecified atom stereocenters. The smallest absolute Gasteiger partial charge is 0.201 e. The summed E-state index contributed by atoms with van der Waals surface area (Å²) < 4.78 is 3.20. The Morgan fingerprint density at radius 1 is 1.05 bits per heavy atom. The second-order valence-electron chi connectivity index (χ2n) is 4.45. The maximum absolute atomic E-state index is 6.00. The molecule has 0 amide bonds.